The second-order valence-corrected chi connectivity index (χ2v) is 6.81. The van der Waals surface area contributed by atoms with Crippen molar-refractivity contribution < 1.29 is 14.0 Å². The summed E-state index contributed by atoms with van der Waals surface area (Å²) >= 11 is 6.86. The zero-order valence-electron chi connectivity index (χ0n) is 12.8. The Kier molecular flexibility index (Phi) is 4.73. The third-order valence-electron chi connectivity index (χ3n) is 3.59. The van der Waals surface area contributed by atoms with Crippen molar-refractivity contribution in [2.45, 2.75) is 13.5 Å². The van der Waals surface area contributed by atoms with Gasteiger partial charge in [0.25, 0.3) is 11.1 Å². The monoisotopic (exact) mass is 361 g/mol. The van der Waals surface area contributed by atoms with Crippen LogP contribution in [0, 0.1) is 12.7 Å². The summed E-state index contributed by atoms with van der Waals surface area (Å²) in [6.07, 6.45) is 1.69. The average molecular weight is 362 g/mol. The van der Waals surface area contributed by atoms with Crippen molar-refractivity contribution in [3.8, 4) is 0 Å². The Morgan fingerprint density at radius 3 is 2.54 bits per heavy atom. The van der Waals surface area contributed by atoms with Crippen LogP contribution in [0.1, 0.15) is 16.7 Å². The Bertz CT molecular complexity index is 849. The fourth-order valence-electron chi connectivity index (χ4n) is 2.27. The first-order valence-electron chi connectivity index (χ1n) is 7.20. The number of imide groups is 1. The van der Waals surface area contributed by atoms with Crippen molar-refractivity contribution in [2.75, 3.05) is 0 Å². The van der Waals surface area contributed by atoms with Gasteiger partial charge in [-0.2, -0.15) is 0 Å². The molecule has 2 aromatic rings. The van der Waals surface area contributed by atoms with Crippen molar-refractivity contribution in [1.29, 1.82) is 0 Å². The molecule has 122 valence electrons. The summed E-state index contributed by atoms with van der Waals surface area (Å²) in [5, 5.41) is -0.171. The van der Waals surface area contributed by atoms with Crippen LogP contribution in [0.2, 0.25) is 5.02 Å². The fourth-order valence-corrected chi connectivity index (χ4v) is 3.34. The van der Waals surface area contributed by atoms with E-state index in [1.807, 2.05) is 31.2 Å². The molecule has 3 rings (SSSR count). The number of halogens is 2. The highest BCUT2D eigenvalue weighted by Crippen LogP contribution is 2.34. The number of thioether (sulfide) groups is 1. The predicted molar refractivity (Wildman–Crippen MR) is 94.1 cm³/mol. The van der Waals surface area contributed by atoms with Crippen LogP contribution in [-0.4, -0.2) is 16.0 Å². The number of hydrogen-bond acceptors (Lipinski definition) is 3. The molecule has 24 heavy (non-hydrogen) atoms. The van der Waals surface area contributed by atoms with Crippen LogP contribution < -0.4 is 0 Å². The molecule has 1 heterocycles. The van der Waals surface area contributed by atoms with Gasteiger partial charge in [0.15, 0.2) is 0 Å². The number of amides is 2. The van der Waals surface area contributed by atoms with Crippen molar-refractivity contribution in [3.63, 3.8) is 0 Å². The van der Waals surface area contributed by atoms with Gasteiger partial charge in [0.1, 0.15) is 5.82 Å². The maximum Gasteiger partial charge on any atom is 0.293 e. The van der Waals surface area contributed by atoms with Gasteiger partial charge in [-0.25, -0.2) is 4.39 Å². The number of carbonyl (C=O) groups excluding carboxylic acids is 2. The van der Waals surface area contributed by atoms with Crippen LogP contribution in [0.5, 0.6) is 0 Å². The molecule has 1 fully saturated rings. The Morgan fingerprint density at radius 2 is 1.88 bits per heavy atom. The van der Waals surface area contributed by atoms with Gasteiger partial charge in [0.2, 0.25) is 0 Å². The molecular weight excluding hydrogens is 349 g/mol. The number of benzene rings is 2. The molecule has 0 bridgehead atoms. The molecule has 0 unspecified atom stereocenters. The highest BCUT2D eigenvalue weighted by atomic mass is 35.5. The van der Waals surface area contributed by atoms with Crippen LogP contribution in [-0.2, 0) is 11.3 Å². The van der Waals surface area contributed by atoms with Crippen LogP contribution in [0.15, 0.2) is 47.4 Å². The van der Waals surface area contributed by atoms with Crippen molar-refractivity contribution >= 4 is 40.6 Å². The van der Waals surface area contributed by atoms with Crippen LogP contribution >= 0.6 is 23.4 Å². The van der Waals surface area contributed by atoms with E-state index in [1.54, 1.807) is 6.08 Å². The number of nitrogens with zero attached hydrogens (tertiary/aromatic N) is 1. The molecule has 1 aliphatic heterocycles. The number of hydrogen-bond donors (Lipinski definition) is 0. The fraction of sp³-hybridized carbons (Fsp3) is 0.111. The largest absolute Gasteiger partial charge is 0.293 e. The van der Waals surface area contributed by atoms with Gasteiger partial charge in [-0.3, -0.25) is 14.5 Å². The maximum absolute atomic E-state index is 13.1. The minimum Gasteiger partial charge on any atom is -0.268 e. The van der Waals surface area contributed by atoms with E-state index in [-0.39, 0.29) is 22.7 Å². The van der Waals surface area contributed by atoms with Crippen LogP contribution in [0.3, 0.4) is 0 Å². The Morgan fingerprint density at radius 1 is 1.17 bits per heavy atom. The molecule has 0 radical (unpaired) electrons. The second-order valence-electron chi connectivity index (χ2n) is 5.41. The first-order chi connectivity index (χ1) is 11.4. The van der Waals surface area contributed by atoms with E-state index in [1.165, 1.54) is 12.1 Å². The highest BCUT2D eigenvalue weighted by molar-refractivity contribution is 8.18. The van der Waals surface area contributed by atoms with E-state index in [4.69, 9.17) is 11.6 Å². The number of aryl methyl sites for hydroxylation is 1. The summed E-state index contributed by atoms with van der Waals surface area (Å²) < 4.78 is 13.1. The van der Waals surface area contributed by atoms with Gasteiger partial charge >= 0.3 is 0 Å². The van der Waals surface area contributed by atoms with E-state index >= 15 is 0 Å². The number of rotatable bonds is 3. The summed E-state index contributed by atoms with van der Waals surface area (Å²) in [7, 11) is 0. The molecule has 3 nitrogen and oxygen atoms in total. The van der Waals surface area contributed by atoms with Gasteiger partial charge in [0.05, 0.1) is 11.4 Å². The first-order valence-corrected chi connectivity index (χ1v) is 8.39. The van der Waals surface area contributed by atoms with E-state index < -0.39 is 5.82 Å². The smallest absolute Gasteiger partial charge is 0.268 e. The van der Waals surface area contributed by atoms with Gasteiger partial charge in [-0.05, 0) is 48.0 Å². The summed E-state index contributed by atoms with van der Waals surface area (Å²) in [5.41, 5.74) is 2.49. The summed E-state index contributed by atoms with van der Waals surface area (Å²) in [4.78, 5) is 26.1. The van der Waals surface area contributed by atoms with Gasteiger partial charge in [-0.1, -0.05) is 47.5 Å². The molecule has 0 N–H and O–H groups in total. The molecule has 0 aliphatic carbocycles. The quantitative estimate of drug-likeness (QED) is 0.720. The lowest BCUT2D eigenvalue weighted by atomic mass is 10.1. The molecule has 0 atom stereocenters. The van der Waals surface area contributed by atoms with Crippen molar-refractivity contribution in [2.24, 2.45) is 0 Å². The molecule has 0 saturated carbocycles. The molecule has 2 aromatic carbocycles. The molecule has 0 aromatic heterocycles. The van der Waals surface area contributed by atoms with E-state index in [2.05, 4.69) is 0 Å². The average Bonchev–Trinajstić information content (AvgIpc) is 2.79. The molecule has 1 saturated heterocycles. The third kappa shape index (κ3) is 3.52. The zero-order chi connectivity index (χ0) is 17.3. The molecule has 6 heteroatoms. The SMILES string of the molecule is Cc1ccc(/C=C2/SC(=O)N(Cc3ccc(F)cc3Cl)C2=O)cc1. The minimum atomic E-state index is -0.461. The van der Waals surface area contributed by atoms with E-state index in [0.29, 0.717) is 10.5 Å². The lowest BCUT2D eigenvalue weighted by Crippen LogP contribution is -2.27. The summed E-state index contributed by atoms with van der Waals surface area (Å²) in [6.45, 7) is 2.00. The highest BCUT2D eigenvalue weighted by Gasteiger charge is 2.35. The lowest BCUT2D eigenvalue weighted by Gasteiger charge is -2.13. The minimum absolute atomic E-state index is 0.0228. The molecule has 2 amide bonds. The Balaban J connectivity index is 1.82. The van der Waals surface area contributed by atoms with Crippen LogP contribution in [0.25, 0.3) is 6.08 Å². The Labute approximate surface area is 148 Å². The molecule has 0 spiro atoms. The van der Waals surface area contributed by atoms with Crippen molar-refractivity contribution in [3.05, 3.63) is 74.9 Å². The Hall–Kier alpha value is -2.11. The molecule has 1 aliphatic rings. The number of carbonyl (C=O) groups is 2. The van der Waals surface area contributed by atoms with E-state index in [0.717, 1.165) is 33.9 Å². The van der Waals surface area contributed by atoms with Gasteiger partial charge < -0.3 is 0 Å². The maximum atomic E-state index is 13.1. The van der Waals surface area contributed by atoms with E-state index in [9.17, 15) is 14.0 Å². The third-order valence-corrected chi connectivity index (χ3v) is 4.85. The summed E-state index contributed by atoms with van der Waals surface area (Å²) in [5.74, 6) is -0.830. The normalized spacial score (nSPS) is 16.3. The van der Waals surface area contributed by atoms with Crippen LogP contribution in [0.4, 0.5) is 9.18 Å². The second kappa shape index (κ2) is 6.79. The standard InChI is InChI=1S/C18H13ClFNO2S/c1-11-2-4-12(5-3-11)8-16-17(22)21(18(23)24-16)10-13-6-7-14(20)9-15(13)19/h2-9H,10H2,1H3/b16-8+. The predicted octanol–water partition coefficient (Wildman–Crippen LogP) is 5.02. The van der Waals surface area contributed by atoms with Gasteiger partial charge in [-0.15, -0.1) is 0 Å². The summed E-state index contributed by atoms with van der Waals surface area (Å²) in [6, 6.07) is 11.5. The topological polar surface area (TPSA) is 37.4 Å². The lowest BCUT2D eigenvalue weighted by molar-refractivity contribution is -0.123. The van der Waals surface area contributed by atoms with Gasteiger partial charge in [0, 0.05) is 5.02 Å². The van der Waals surface area contributed by atoms with Crippen molar-refractivity contribution in [1.82, 2.24) is 4.90 Å². The zero-order valence-corrected chi connectivity index (χ0v) is 14.3. The first kappa shape index (κ1) is 16.7. The molecular formula is C18H13ClFNO2S.